The van der Waals surface area contributed by atoms with Crippen LogP contribution < -0.4 is 21.5 Å². The Kier molecular flexibility index (Phi) is 6.32. The van der Waals surface area contributed by atoms with Crippen molar-refractivity contribution in [3.63, 3.8) is 0 Å². The van der Waals surface area contributed by atoms with E-state index in [4.69, 9.17) is 0 Å². The molecule has 0 aliphatic heterocycles. The average Bonchev–Trinajstić information content (AvgIpc) is 2.67. The standard InChI is InChI=1S/C19H21F3N6O/c1-2-8-23-10-11-25-18-27-14-7-9-24-17(29)15(14)16(28-18)26-13-5-3-12(4-6-13)19(20,21)22/h3-7,9,23H,2,8,10-11H2,1H3,(H,24,29)(H2,25,26,27,28). The van der Waals surface area contributed by atoms with Crippen LogP contribution >= 0.6 is 0 Å². The van der Waals surface area contributed by atoms with Crippen LogP contribution in [0.2, 0.25) is 0 Å². The molecule has 154 valence electrons. The minimum absolute atomic E-state index is 0.209. The average molecular weight is 406 g/mol. The molecule has 0 saturated carbocycles. The summed E-state index contributed by atoms with van der Waals surface area (Å²) in [5.41, 5.74) is -0.359. The van der Waals surface area contributed by atoms with Gasteiger partial charge in [-0.3, -0.25) is 4.79 Å². The zero-order valence-corrected chi connectivity index (χ0v) is 15.7. The van der Waals surface area contributed by atoms with Crippen molar-refractivity contribution >= 4 is 28.4 Å². The molecule has 0 aliphatic rings. The van der Waals surface area contributed by atoms with Gasteiger partial charge in [-0.25, -0.2) is 4.98 Å². The fourth-order valence-corrected chi connectivity index (χ4v) is 2.70. The van der Waals surface area contributed by atoms with E-state index in [1.54, 1.807) is 6.07 Å². The first-order chi connectivity index (χ1) is 13.9. The number of aromatic nitrogens is 3. The van der Waals surface area contributed by atoms with E-state index in [-0.39, 0.29) is 11.2 Å². The molecule has 1 aromatic carbocycles. The SMILES string of the molecule is CCCNCCNc1nc(Nc2ccc(C(F)(F)F)cc2)c2c(=O)[nH]ccc2n1. The van der Waals surface area contributed by atoms with E-state index in [2.05, 4.69) is 37.8 Å². The van der Waals surface area contributed by atoms with Gasteiger partial charge in [0.25, 0.3) is 5.56 Å². The van der Waals surface area contributed by atoms with Crippen molar-refractivity contribution < 1.29 is 13.2 Å². The van der Waals surface area contributed by atoms with Crippen LogP contribution in [-0.4, -0.2) is 34.6 Å². The van der Waals surface area contributed by atoms with Crippen molar-refractivity contribution in [3.05, 3.63) is 52.4 Å². The summed E-state index contributed by atoms with van der Waals surface area (Å²) >= 11 is 0. The Bertz CT molecular complexity index is 1020. The molecule has 0 saturated heterocycles. The highest BCUT2D eigenvalue weighted by atomic mass is 19.4. The van der Waals surface area contributed by atoms with Crippen molar-refractivity contribution in [2.75, 3.05) is 30.3 Å². The Balaban J connectivity index is 1.87. The number of anilines is 3. The van der Waals surface area contributed by atoms with Gasteiger partial charge in [-0.2, -0.15) is 18.2 Å². The van der Waals surface area contributed by atoms with Gasteiger partial charge in [0.15, 0.2) is 0 Å². The maximum atomic E-state index is 12.8. The molecule has 0 unspecified atom stereocenters. The van der Waals surface area contributed by atoms with Crippen LogP contribution in [0, 0.1) is 0 Å². The summed E-state index contributed by atoms with van der Waals surface area (Å²) < 4.78 is 38.3. The lowest BCUT2D eigenvalue weighted by Gasteiger charge is -2.12. The number of nitrogens with zero attached hydrogens (tertiary/aromatic N) is 2. The third-order valence-electron chi connectivity index (χ3n) is 4.11. The van der Waals surface area contributed by atoms with Crippen LogP contribution in [0.1, 0.15) is 18.9 Å². The number of alkyl halides is 3. The number of rotatable bonds is 8. The Labute approximate surface area is 164 Å². The molecule has 4 N–H and O–H groups in total. The molecule has 0 spiro atoms. The molecule has 0 atom stereocenters. The number of aromatic amines is 1. The lowest BCUT2D eigenvalue weighted by Crippen LogP contribution is -2.23. The molecule has 29 heavy (non-hydrogen) atoms. The fourth-order valence-electron chi connectivity index (χ4n) is 2.70. The number of pyridine rings is 1. The second kappa shape index (κ2) is 8.91. The van der Waals surface area contributed by atoms with E-state index in [9.17, 15) is 18.0 Å². The molecule has 0 radical (unpaired) electrons. The topological polar surface area (TPSA) is 94.7 Å². The van der Waals surface area contributed by atoms with Crippen molar-refractivity contribution in [1.82, 2.24) is 20.3 Å². The van der Waals surface area contributed by atoms with Gasteiger partial charge in [0.2, 0.25) is 5.95 Å². The zero-order valence-electron chi connectivity index (χ0n) is 15.7. The second-order valence-electron chi connectivity index (χ2n) is 6.34. The molecule has 0 fully saturated rings. The smallest absolute Gasteiger partial charge is 0.353 e. The molecule has 0 aliphatic carbocycles. The van der Waals surface area contributed by atoms with Crippen molar-refractivity contribution in [1.29, 1.82) is 0 Å². The van der Waals surface area contributed by atoms with E-state index in [0.29, 0.717) is 30.2 Å². The maximum Gasteiger partial charge on any atom is 0.416 e. The largest absolute Gasteiger partial charge is 0.416 e. The Morgan fingerprint density at radius 1 is 1.03 bits per heavy atom. The minimum Gasteiger partial charge on any atom is -0.353 e. The number of H-pyrrole nitrogens is 1. The van der Waals surface area contributed by atoms with Crippen LogP contribution in [-0.2, 0) is 6.18 Å². The van der Waals surface area contributed by atoms with Gasteiger partial charge in [-0.15, -0.1) is 0 Å². The number of hydrogen-bond acceptors (Lipinski definition) is 6. The molecular formula is C19H21F3N6O. The predicted octanol–water partition coefficient (Wildman–Crippen LogP) is 3.49. The van der Waals surface area contributed by atoms with Crippen LogP contribution in [0.4, 0.5) is 30.6 Å². The minimum atomic E-state index is -4.42. The molecule has 2 heterocycles. The molecule has 10 heteroatoms. The number of fused-ring (bicyclic) bond motifs is 1. The summed E-state index contributed by atoms with van der Waals surface area (Å²) in [5, 5.41) is 9.48. The van der Waals surface area contributed by atoms with Crippen molar-refractivity contribution in [2.24, 2.45) is 0 Å². The summed E-state index contributed by atoms with van der Waals surface area (Å²) in [6.07, 6.45) is -1.91. The summed E-state index contributed by atoms with van der Waals surface area (Å²) in [7, 11) is 0. The monoisotopic (exact) mass is 406 g/mol. The highest BCUT2D eigenvalue weighted by Crippen LogP contribution is 2.30. The van der Waals surface area contributed by atoms with E-state index >= 15 is 0 Å². The first kappa shape index (κ1) is 20.6. The van der Waals surface area contributed by atoms with Crippen LogP contribution in [0.5, 0.6) is 0 Å². The van der Waals surface area contributed by atoms with Crippen molar-refractivity contribution in [3.8, 4) is 0 Å². The van der Waals surface area contributed by atoms with Gasteiger partial charge in [-0.05, 0) is 43.3 Å². The number of benzene rings is 1. The second-order valence-corrected chi connectivity index (χ2v) is 6.34. The van der Waals surface area contributed by atoms with Crippen molar-refractivity contribution in [2.45, 2.75) is 19.5 Å². The summed E-state index contributed by atoms with van der Waals surface area (Å²) in [6.45, 7) is 4.26. The maximum absolute atomic E-state index is 12.8. The predicted molar refractivity (Wildman–Crippen MR) is 107 cm³/mol. The molecule has 2 aromatic heterocycles. The molecular weight excluding hydrogens is 385 g/mol. The lowest BCUT2D eigenvalue weighted by atomic mass is 10.2. The molecule has 0 bridgehead atoms. The van der Waals surface area contributed by atoms with Crippen LogP contribution in [0.15, 0.2) is 41.3 Å². The quantitative estimate of drug-likeness (QED) is 0.428. The van der Waals surface area contributed by atoms with Gasteiger partial charge in [-0.1, -0.05) is 6.92 Å². The third kappa shape index (κ3) is 5.23. The van der Waals surface area contributed by atoms with Crippen LogP contribution in [0.25, 0.3) is 10.9 Å². The number of halogens is 3. The summed E-state index contributed by atoms with van der Waals surface area (Å²) in [6, 6.07) is 6.14. The van der Waals surface area contributed by atoms with Gasteiger partial charge in [0.1, 0.15) is 11.2 Å². The lowest BCUT2D eigenvalue weighted by molar-refractivity contribution is -0.137. The van der Waals surface area contributed by atoms with E-state index in [1.165, 1.54) is 18.3 Å². The highest BCUT2D eigenvalue weighted by Gasteiger charge is 2.30. The van der Waals surface area contributed by atoms with E-state index in [0.717, 1.165) is 25.1 Å². The van der Waals surface area contributed by atoms with E-state index < -0.39 is 17.3 Å². The highest BCUT2D eigenvalue weighted by molar-refractivity contribution is 5.90. The molecule has 3 aromatic rings. The summed E-state index contributed by atoms with van der Waals surface area (Å²) in [5.74, 6) is 0.524. The number of nitrogens with one attached hydrogen (secondary N) is 4. The number of hydrogen-bond donors (Lipinski definition) is 4. The molecule has 0 amide bonds. The van der Waals surface area contributed by atoms with Gasteiger partial charge in [0.05, 0.1) is 11.1 Å². The van der Waals surface area contributed by atoms with Gasteiger partial charge < -0.3 is 20.9 Å². The Morgan fingerprint density at radius 3 is 2.48 bits per heavy atom. The van der Waals surface area contributed by atoms with Gasteiger partial charge >= 0.3 is 6.18 Å². The van der Waals surface area contributed by atoms with Crippen LogP contribution in [0.3, 0.4) is 0 Å². The Hall–Kier alpha value is -3.14. The van der Waals surface area contributed by atoms with E-state index in [1.807, 2.05) is 0 Å². The normalized spacial score (nSPS) is 11.6. The van der Waals surface area contributed by atoms with Gasteiger partial charge in [0, 0.05) is 25.0 Å². The fraction of sp³-hybridized carbons (Fsp3) is 0.316. The zero-order chi connectivity index (χ0) is 20.9. The third-order valence-corrected chi connectivity index (χ3v) is 4.11. The first-order valence-electron chi connectivity index (χ1n) is 9.17. The summed E-state index contributed by atoms with van der Waals surface area (Å²) in [4.78, 5) is 23.5. The molecule has 3 rings (SSSR count). The Morgan fingerprint density at radius 2 is 1.79 bits per heavy atom. The molecule has 7 nitrogen and oxygen atoms in total. The first-order valence-corrected chi connectivity index (χ1v) is 9.17.